The van der Waals surface area contributed by atoms with Gasteiger partial charge in [-0.05, 0) is 40.7 Å². The number of thiazole rings is 1. The Kier molecular flexibility index (Phi) is 6.58. The number of nitrogens with one attached hydrogen (secondary N) is 2. The number of piperazine rings is 1. The Hall–Kier alpha value is -1.69. The summed E-state index contributed by atoms with van der Waals surface area (Å²) in [5.74, 6) is 0. The van der Waals surface area contributed by atoms with Crippen molar-refractivity contribution < 1.29 is 18.0 Å². The quantitative estimate of drug-likeness (QED) is 0.688. The summed E-state index contributed by atoms with van der Waals surface area (Å²) in [6.45, 7) is 3.32. The number of hydrogen-bond acceptors (Lipinski definition) is 5. The van der Waals surface area contributed by atoms with Crippen molar-refractivity contribution in [3.05, 3.63) is 39.3 Å². The largest absolute Gasteiger partial charge is 0.416 e. The van der Waals surface area contributed by atoms with Gasteiger partial charge in [0.05, 0.1) is 15.5 Å². The molecular weight excluding hydrogens is 459 g/mol. The van der Waals surface area contributed by atoms with E-state index in [4.69, 9.17) is 0 Å². The number of alkyl halides is 3. The normalized spacial score (nSPS) is 16.2. The van der Waals surface area contributed by atoms with Crippen molar-refractivity contribution in [3.63, 3.8) is 0 Å². The van der Waals surface area contributed by atoms with Crippen LogP contribution < -0.4 is 10.6 Å². The first-order chi connectivity index (χ1) is 13.2. The summed E-state index contributed by atoms with van der Waals surface area (Å²) in [5.41, 5.74) is -0.462. The third-order valence-electron chi connectivity index (χ3n) is 4.36. The molecule has 1 aromatic carbocycles. The molecule has 152 valence electrons. The molecule has 2 heterocycles. The monoisotopic (exact) mass is 477 g/mol. The van der Waals surface area contributed by atoms with Crippen molar-refractivity contribution in [2.24, 2.45) is 0 Å². The number of likely N-dealkylation sites (N-methyl/N-ethyl adjacent to an activating group) is 1. The van der Waals surface area contributed by atoms with Crippen molar-refractivity contribution >= 4 is 44.1 Å². The number of carbonyl (C=O) groups excluding carboxylic acids is 1. The van der Waals surface area contributed by atoms with E-state index < -0.39 is 17.8 Å². The standard InChI is InChI=1S/C17H19BrF3N5OS/c1-25-4-6-26(7-5-25)10-11-2-3-12(8-13(11)17(19,20)21)23-15(27)24-16-22-9-14(18)28-16/h2-3,8-9H,4-7,10H2,1H3,(H2,22,23,24,27). The highest BCUT2D eigenvalue weighted by atomic mass is 79.9. The molecule has 0 aliphatic carbocycles. The van der Waals surface area contributed by atoms with Gasteiger partial charge in [0, 0.05) is 38.4 Å². The molecule has 1 aliphatic heterocycles. The van der Waals surface area contributed by atoms with Crippen LogP contribution in [-0.4, -0.2) is 54.0 Å². The van der Waals surface area contributed by atoms with Crippen LogP contribution in [0.4, 0.5) is 28.8 Å². The first-order valence-electron chi connectivity index (χ1n) is 8.51. The first-order valence-corrected chi connectivity index (χ1v) is 10.1. The molecule has 1 saturated heterocycles. The van der Waals surface area contributed by atoms with E-state index in [-0.39, 0.29) is 17.8 Å². The Bertz CT molecular complexity index is 836. The molecule has 0 saturated carbocycles. The number of benzene rings is 1. The smallest absolute Gasteiger partial charge is 0.308 e. The topological polar surface area (TPSA) is 60.5 Å². The summed E-state index contributed by atoms with van der Waals surface area (Å²) < 4.78 is 41.4. The molecule has 2 aromatic rings. The highest BCUT2D eigenvalue weighted by Crippen LogP contribution is 2.34. The molecule has 1 fully saturated rings. The molecule has 2 N–H and O–H groups in total. The Morgan fingerprint density at radius 1 is 1.25 bits per heavy atom. The van der Waals surface area contributed by atoms with Gasteiger partial charge >= 0.3 is 12.2 Å². The zero-order valence-electron chi connectivity index (χ0n) is 15.0. The summed E-state index contributed by atoms with van der Waals surface area (Å²) in [6, 6.07) is 3.24. The number of urea groups is 1. The Morgan fingerprint density at radius 3 is 2.57 bits per heavy atom. The lowest BCUT2D eigenvalue weighted by atomic mass is 10.0. The minimum absolute atomic E-state index is 0.0718. The summed E-state index contributed by atoms with van der Waals surface area (Å²) in [4.78, 5) is 20.1. The van der Waals surface area contributed by atoms with E-state index in [1.54, 1.807) is 0 Å². The van der Waals surface area contributed by atoms with Gasteiger partial charge in [0.2, 0.25) is 0 Å². The van der Waals surface area contributed by atoms with Gasteiger partial charge in [-0.25, -0.2) is 9.78 Å². The third-order valence-corrected chi connectivity index (χ3v) is 5.75. The van der Waals surface area contributed by atoms with Crippen LogP contribution in [0, 0.1) is 0 Å². The van der Waals surface area contributed by atoms with Crippen LogP contribution in [0.2, 0.25) is 0 Å². The summed E-state index contributed by atoms with van der Waals surface area (Å²) in [7, 11) is 1.99. The number of rotatable bonds is 4. The molecule has 6 nitrogen and oxygen atoms in total. The van der Waals surface area contributed by atoms with Crippen LogP contribution in [0.25, 0.3) is 0 Å². The van der Waals surface area contributed by atoms with E-state index in [2.05, 4.69) is 36.4 Å². The van der Waals surface area contributed by atoms with Gasteiger partial charge in [-0.15, -0.1) is 0 Å². The van der Waals surface area contributed by atoms with Crippen LogP contribution in [0.3, 0.4) is 0 Å². The van der Waals surface area contributed by atoms with E-state index in [0.29, 0.717) is 5.13 Å². The van der Waals surface area contributed by atoms with Crippen LogP contribution >= 0.6 is 27.3 Å². The van der Waals surface area contributed by atoms with Gasteiger partial charge in [0.1, 0.15) is 0 Å². The molecule has 0 atom stereocenters. The van der Waals surface area contributed by atoms with Gasteiger partial charge in [-0.2, -0.15) is 13.2 Å². The second-order valence-electron chi connectivity index (χ2n) is 6.50. The molecule has 0 unspecified atom stereocenters. The third kappa shape index (κ3) is 5.66. The molecule has 0 radical (unpaired) electrons. The van der Waals surface area contributed by atoms with E-state index in [0.717, 1.165) is 36.0 Å². The maximum absolute atomic E-state index is 13.6. The molecule has 3 rings (SSSR count). The van der Waals surface area contributed by atoms with Gasteiger partial charge in [-0.1, -0.05) is 17.4 Å². The number of anilines is 2. The van der Waals surface area contributed by atoms with Gasteiger partial charge < -0.3 is 10.2 Å². The lowest BCUT2D eigenvalue weighted by Gasteiger charge is -2.33. The average molecular weight is 478 g/mol. The molecule has 1 aliphatic rings. The number of hydrogen-bond donors (Lipinski definition) is 2. The summed E-state index contributed by atoms with van der Waals surface area (Å²) in [6.07, 6.45) is -2.98. The van der Waals surface area contributed by atoms with Crippen LogP contribution in [0.15, 0.2) is 28.2 Å². The molecular formula is C17H19BrF3N5OS. The van der Waals surface area contributed by atoms with Crippen molar-refractivity contribution in [2.75, 3.05) is 43.9 Å². The molecule has 0 spiro atoms. The number of nitrogens with zero attached hydrogens (tertiary/aromatic N) is 3. The van der Waals surface area contributed by atoms with Crippen molar-refractivity contribution in [2.45, 2.75) is 12.7 Å². The van der Waals surface area contributed by atoms with Gasteiger partial charge in [0.25, 0.3) is 0 Å². The molecule has 28 heavy (non-hydrogen) atoms. The number of aromatic nitrogens is 1. The predicted octanol–water partition coefficient (Wildman–Crippen LogP) is 4.32. The van der Waals surface area contributed by atoms with E-state index in [1.165, 1.54) is 29.7 Å². The minimum Gasteiger partial charge on any atom is -0.308 e. The Labute approximate surface area is 172 Å². The van der Waals surface area contributed by atoms with Gasteiger partial charge in [-0.3, -0.25) is 10.2 Å². The Balaban J connectivity index is 1.71. The molecule has 1 aromatic heterocycles. The first kappa shape index (κ1) is 21.0. The van der Waals surface area contributed by atoms with Crippen LogP contribution in [-0.2, 0) is 12.7 Å². The fraction of sp³-hybridized carbons (Fsp3) is 0.412. The van der Waals surface area contributed by atoms with E-state index in [9.17, 15) is 18.0 Å². The zero-order valence-corrected chi connectivity index (χ0v) is 17.4. The van der Waals surface area contributed by atoms with Crippen LogP contribution in [0.5, 0.6) is 0 Å². The SMILES string of the molecule is CN1CCN(Cc2ccc(NC(=O)Nc3ncc(Br)s3)cc2C(F)(F)F)CC1. The second-order valence-corrected chi connectivity index (χ2v) is 8.91. The fourth-order valence-corrected chi connectivity index (χ4v) is 3.98. The van der Waals surface area contributed by atoms with Crippen LogP contribution in [0.1, 0.15) is 11.1 Å². The maximum Gasteiger partial charge on any atom is 0.416 e. The fourth-order valence-electron chi connectivity index (χ4n) is 2.87. The average Bonchev–Trinajstić information content (AvgIpc) is 3.02. The maximum atomic E-state index is 13.6. The highest BCUT2D eigenvalue weighted by molar-refractivity contribution is 9.11. The Morgan fingerprint density at radius 2 is 1.96 bits per heavy atom. The number of halogens is 4. The lowest BCUT2D eigenvalue weighted by molar-refractivity contribution is -0.138. The molecule has 0 bridgehead atoms. The van der Waals surface area contributed by atoms with Crippen molar-refractivity contribution in [1.82, 2.24) is 14.8 Å². The second kappa shape index (κ2) is 8.76. The van der Waals surface area contributed by atoms with Gasteiger partial charge in [0.15, 0.2) is 5.13 Å². The summed E-state index contributed by atoms with van der Waals surface area (Å²) >= 11 is 4.43. The van der Waals surface area contributed by atoms with E-state index >= 15 is 0 Å². The van der Waals surface area contributed by atoms with E-state index in [1.807, 2.05) is 11.9 Å². The number of carbonyl (C=O) groups is 1. The highest BCUT2D eigenvalue weighted by Gasteiger charge is 2.34. The predicted molar refractivity (Wildman–Crippen MR) is 107 cm³/mol. The lowest BCUT2D eigenvalue weighted by Crippen LogP contribution is -2.44. The molecule has 2 amide bonds. The van der Waals surface area contributed by atoms with Crippen molar-refractivity contribution in [3.8, 4) is 0 Å². The number of amides is 2. The minimum atomic E-state index is -4.50. The summed E-state index contributed by atoms with van der Waals surface area (Å²) in [5, 5.41) is 5.26. The zero-order chi connectivity index (χ0) is 20.3. The van der Waals surface area contributed by atoms with Crippen molar-refractivity contribution in [1.29, 1.82) is 0 Å². The molecule has 11 heteroatoms.